The van der Waals surface area contributed by atoms with Gasteiger partial charge in [-0.2, -0.15) is 8.42 Å². The fourth-order valence-electron chi connectivity index (χ4n) is 3.49. The predicted molar refractivity (Wildman–Crippen MR) is 131 cm³/mol. The minimum Gasteiger partial charge on any atom is -0.493 e. The van der Waals surface area contributed by atoms with Gasteiger partial charge in [0, 0.05) is 0 Å². The number of rotatable bonds is 17. The lowest BCUT2D eigenvalue weighted by Gasteiger charge is -2.17. The highest BCUT2D eigenvalue weighted by Crippen LogP contribution is 2.38. The second-order valence-electron chi connectivity index (χ2n) is 7.88. The van der Waals surface area contributed by atoms with Crippen LogP contribution in [0, 0.1) is 0 Å². The molecule has 0 amide bonds. The van der Waals surface area contributed by atoms with Gasteiger partial charge in [-0.15, -0.1) is 6.58 Å². The van der Waals surface area contributed by atoms with Crippen molar-refractivity contribution in [2.45, 2.75) is 57.8 Å². The number of allylic oxidation sites excluding steroid dienone is 1. The lowest BCUT2D eigenvalue weighted by molar-refractivity contribution is 0.292. The summed E-state index contributed by atoms with van der Waals surface area (Å²) in [7, 11) is -3.87. The van der Waals surface area contributed by atoms with Gasteiger partial charge in [-0.25, -0.2) is 0 Å². The van der Waals surface area contributed by atoms with Crippen molar-refractivity contribution in [3.63, 3.8) is 0 Å². The quantitative estimate of drug-likeness (QED) is 0.162. The molecule has 0 spiro atoms. The van der Waals surface area contributed by atoms with Crippen molar-refractivity contribution in [1.29, 1.82) is 0 Å². The molecular weight excluding hydrogens is 424 g/mol. The van der Waals surface area contributed by atoms with E-state index in [2.05, 4.69) is 18.7 Å². The molecule has 1 N–H and O–H groups in total. The second-order valence-corrected chi connectivity index (χ2v) is 9.46. The molecule has 0 aliphatic rings. The van der Waals surface area contributed by atoms with Crippen LogP contribution in [0.5, 0.6) is 11.5 Å². The number of hydrogen-bond donors (Lipinski definition) is 1. The topological polar surface area (TPSA) is 72.8 Å². The third kappa shape index (κ3) is 10.3. The van der Waals surface area contributed by atoms with E-state index in [1.807, 2.05) is 42.5 Å². The molecule has 0 bridgehead atoms. The van der Waals surface area contributed by atoms with Gasteiger partial charge in [-0.05, 0) is 49.8 Å². The zero-order valence-electron chi connectivity index (χ0n) is 18.9. The molecule has 0 atom stereocenters. The second kappa shape index (κ2) is 14.7. The molecule has 6 heteroatoms. The van der Waals surface area contributed by atoms with Gasteiger partial charge >= 0.3 is 0 Å². The van der Waals surface area contributed by atoms with Gasteiger partial charge in [-0.3, -0.25) is 4.55 Å². The van der Waals surface area contributed by atoms with Gasteiger partial charge in [0.05, 0.1) is 24.5 Å². The first-order valence-corrected chi connectivity index (χ1v) is 13.1. The van der Waals surface area contributed by atoms with Gasteiger partial charge in [0.1, 0.15) is 11.5 Å². The van der Waals surface area contributed by atoms with Crippen LogP contribution in [0.1, 0.15) is 57.8 Å². The number of ether oxygens (including phenoxy) is 2. The maximum atomic E-state index is 10.8. The first kappa shape index (κ1) is 25.9. The predicted octanol–water partition coefficient (Wildman–Crippen LogP) is 6.70. The summed E-state index contributed by atoms with van der Waals surface area (Å²) in [6, 6.07) is 16.0. The van der Waals surface area contributed by atoms with Crippen molar-refractivity contribution in [1.82, 2.24) is 0 Å². The summed E-state index contributed by atoms with van der Waals surface area (Å²) in [6.45, 7) is 4.97. The van der Waals surface area contributed by atoms with Crippen LogP contribution in [0.4, 0.5) is 0 Å². The van der Waals surface area contributed by atoms with Crippen molar-refractivity contribution < 1.29 is 22.4 Å². The van der Waals surface area contributed by atoms with Crippen LogP contribution in [0.25, 0.3) is 11.1 Å². The Labute approximate surface area is 193 Å². The minimum atomic E-state index is -3.87. The smallest absolute Gasteiger partial charge is 0.264 e. The average molecular weight is 461 g/mol. The largest absolute Gasteiger partial charge is 0.493 e. The number of benzene rings is 2. The van der Waals surface area contributed by atoms with Gasteiger partial charge in [0.25, 0.3) is 10.1 Å². The third-order valence-electron chi connectivity index (χ3n) is 5.16. The van der Waals surface area contributed by atoms with E-state index >= 15 is 0 Å². The number of unbranched alkanes of at least 4 members (excludes halogenated alkanes) is 7. The lowest BCUT2D eigenvalue weighted by Crippen LogP contribution is -2.04. The molecular formula is C26H36O5S. The first-order chi connectivity index (χ1) is 15.5. The van der Waals surface area contributed by atoms with Gasteiger partial charge < -0.3 is 9.47 Å². The van der Waals surface area contributed by atoms with Crippen LogP contribution in [-0.2, 0) is 10.1 Å². The molecule has 5 nitrogen and oxygen atoms in total. The van der Waals surface area contributed by atoms with Crippen molar-refractivity contribution in [3.05, 3.63) is 61.2 Å². The maximum absolute atomic E-state index is 10.8. The highest BCUT2D eigenvalue weighted by atomic mass is 32.2. The van der Waals surface area contributed by atoms with E-state index in [0.717, 1.165) is 61.2 Å². The Morgan fingerprint density at radius 2 is 1.31 bits per heavy atom. The van der Waals surface area contributed by atoms with Gasteiger partial charge in [0.2, 0.25) is 0 Å². The molecule has 0 unspecified atom stereocenters. The molecule has 32 heavy (non-hydrogen) atoms. The molecule has 0 heterocycles. The zero-order chi connectivity index (χ0) is 23.1. The summed E-state index contributed by atoms with van der Waals surface area (Å²) in [6.07, 6.45) is 10.4. The van der Waals surface area contributed by atoms with E-state index < -0.39 is 10.1 Å². The average Bonchev–Trinajstić information content (AvgIpc) is 2.78. The molecule has 0 saturated carbocycles. The summed E-state index contributed by atoms with van der Waals surface area (Å²) in [5.41, 5.74) is 2.02. The van der Waals surface area contributed by atoms with E-state index in [0.29, 0.717) is 19.6 Å². The van der Waals surface area contributed by atoms with E-state index in [4.69, 9.17) is 14.0 Å². The van der Waals surface area contributed by atoms with E-state index in [1.165, 1.54) is 12.8 Å². The summed E-state index contributed by atoms with van der Waals surface area (Å²) in [5.74, 6) is 1.44. The minimum absolute atomic E-state index is 0.181. The van der Waals surface area contributed by atoms with Gasteiger partial charge in [0.15, 0.2) is 0 Å². The number of hydrogen-bond acceptors (Lipinski definition) is 4. The van der Waals surface area contributed by atoms with Crippen molar-refractivity contribution in [2.75, 3.05) is 19.0 Å². The molecule has 0 aliphatic heterocycles. The Hall–Kier alpha value is -2.31. The zero-order valence-corrected chi connectivity index (χ0v) is 19.7. The molecule has 2 aromatic carbocycles. The maximum Gasteiger partial charge on any atom is 0.264 e. The van der Waals surface area contributed by atoms with Crippen LogP contribution in [0.15, 0.2) is 61.2 Å². The lowest BCUT2D eigenvalue weighted by atomic mass is 10.0. The monoisotopic (exact) mass is 460 g/mol. The van der Waals surface area contributed by atoms with Crippen LogP contribution in [0.3, 0.4) is 0 Å². The molecule has 0 aromatic heterocycles. The summed E-state index contributed by atoms with van der Waals surface area (Å²) < 4.78 is 42.6. The fourth-order valence-corrected chi connectivity index (χ4v) is 4.06. The fraction of sp³-hybridized carbons (Fsp3) is 0.462. The Bertz CT molecular complexity index is 894. The highest BCUT2D eigenvalue weighted by molar-refractivity contribution is 7.85. The summed E-state index contributed by atoms with van der Waals surface area (Å²) in [5, 5.41) is 0. The molecule has 0 fully saturated rings. The molecule has 0 radical (unpaired) electrons. The van der Waals surface area contributed by atoms with E-state index in [-0.39, 0.29) is 5.75 Å². The molecule has 0 aliphatic carbocycles. The summed E-state index contributed by atoms with van der Waals surface area (Å²) >= 11 is 0. The van der Waals surface area contributed by atoms with Crippen LogP contribution in [0.2, 0.25) is 0 Å². The molecule has 2 rings (SSSR count). The normalized spacial score (nSPS) is 11.3. The molecule has 2 aromatic rings. The third-order valence-corrected chi connectivity index (χ3v) is 5.97. The Morgan fingerprint density at radius 1 is 0.750 bits per heavy atom. The van der Waals surface area contributed by atoms with Gasteiger partial charge in [-0.1, -0.05) is 68.2 Å². The Balaban J connectivity index is 1.92. The van der Waals surface area contributed by atoms with Crippen LogP contribution in [-0.4, -0.2) is 31.9 Å². The van der Waals surface area contributed by atoms with Crippen LogP contribution < -0.4 is 9.47 Å². The Morgan fingerprint density at radius 3 is 1.88 bits per heavy atom. The summed E-state index contributed by atoms with van der Waals surface area (Å²) in [4.78, 5) is 0. The molecule has 0 saturated heterocycles. The van der Waals surface area contributed by atoms with Crippen molar-refractivity contribution in [3.8, 4) is 22.6 Å². The van der Waals surface area contributed by atoms with E-state index in [1.54, 1.807) is 0 Å². The highest BCUT2D eigenvalue weighted by Gasteiger charge is 2.13. The van der Waals surface area contributed by atoms with Crippen molar-refractivity contribution >= 4 is 10.1 Å². The van der Waals surface area contributed by atoms with E-state index in [9.17, 15) is 8.42 Å². The first-order valence-electron chi connectivity index (χ1n) is 11.5. The van der Waals surface area contributed by atoms with Crippen molar-refractivity contribution in [2.24, 2.45) is 0 Å². The standard InChI is InChI=1S/C26H36O5S/c1-2-3-4-5-6-12-20-30-24-18-15-19-25(26(24)23-16-10-9-11-17-23)31-21-13-7-8-14-22-32(27,28)29/h2,9-11,15-19H,1,3-8,12-14,20-22H2,(H,27,28,29). The van der Waals surface area contributed by atoms with Crippen LogP contribution >= 0.6 is 0 Å². The molecule has 176 valence electrons. The Kier molecular flexibility index (Phi) is 11.9. The SMILES string of the molecule is C=CCCCCCCOc1cccc(OCCCCCCS(=O)(=O)O)c1-c1ccccc1.